The molecule has 2 aliphatic rings. The van der Waals surface area contributed by atoms with E-state index < -0.39 is 0 Å². The number of carbonyl (C=O) groups is 1. The van der Waals surface area contributed by atoms with Gasteiger partial charge in [-0.25, -0.2) is 5.43 Å². The lowest BCUT2D eigenvalue weighted by molar-refractivity contribution is -0.119. The van der Waals surface area contributed by atoms with Crippen molar-refractivity contribution in [3.8, 4) is 11.5 Å². The van der Waals surface area contributed by atoms with E-state index in [0.717, 1.165) is 28.3 Å². The Morgan fingerprint density at radius 3 is 2.64 bits per heavy atom. The van der Waals surface area contributed by atoms with Gasteiger partial charge in [0.1, 0.15) is 13.2 Å². The molecule has 2 heterocycles. The average molecular weight is 339 g/mol. The smallest absolute Gasteiger partial charge is 0.230 e. The van der Waals surface area contributed by atoms with Gasteiger partial charge in [0.15, 0.2) is 11.5 Å². The van der Waals surface area contributed by atoms with Gasteiger partial charge in [-0.2, -0.15) is 0 Å². The molecule has 130 valence electrons. The van der Waals surface area contributed by atoms with Crippen LogP contribution >= 0.6 is 0 Å². The summed E-state index contributed by atoms with van der Waals surface area (Å²) in [5, 5.41) is 3.00. The number of carbonyl (C=O) groups excluding carboxylic acids is 1. The van der Waals surface area contributed by atoms with Crippen LogP contribution in [-0.2, 0) is 4.79 Å². The molecule has 2 aromatic carbocycles. The van der Waals surface area contributed by atoms with Crippen LogP contribution in [0.1, 0.15) is 17.2 Å². The summed E-state index contributed by atoms with van der Waals surface area (Å²) in [6, 6.07) is 13.5. The zero-order valence-electron chi connectivity index (χ0n) is 14.0. The molecule has 1 saturated heterocycles. The highest BCUT2D eigenvalue weighted by Gasteiger charge is 2.34. The van der Waals surface area contributed by atoms with E-state index in [4.69, 9.17) is 9.47 Å². The summed E-state index contributed by atoms with van der Waals surface area (Å²) < 4.78 is 11.2. The van der Waals surface area contributed by atoms with Crippen LogP contribution in [-0.4, -0.2) is 25.7 Å². The predicted molar refractivity (Wildman–Crippen MR) is 94.6 cm³/mol. The molecule has 6 nitrogen and oxygen atoms in total. The van der Waals surface area contributed by atoms with E-state index in [1.54, 1.807) is 0 Å². The minimum Gasteiger partial charge on any atom is -0.486 e. The molecule has 0 aliphatic carbocycles. The summed E-state index contributed by atoms with van der Waals surface area (Å²) in [6.45, 7) is 3.70. The molecule has 2 unspecified atom stereocenters. The van der Waals surface area contributed by atoms with Gasteiger partial charge in [-0.15, -0.1) is 0 Å². The van der Waals surface area contributed by atoms with Crippen LogP contribution in [0, 0.1) is 12.8 Å². The van der Waals surface area contributed by atoms with Crippen molar-refractivity contribution in [2.45, 2.75) is 13.0 Å². The maximum atomic E-state index is 12.7. The van der Waals surface area contributed by atoms with E-state index in [1.807, 2.05) is 49.4 Å². The number of aryl methyl sites for hydroxylation is 1. The molecule has 0 saturated carbocycles. The summed E-state index contributed by atoms with van der Waals surface area (Å²) in [5.41, 5.74) is 9.26. The second-order valence-electron chi connectivity index (χ2n) is 6.37. The predicted octanol–water partition coefficient (Wildman–Crippen LogP) is 2.17. The zero-order chi connectivity index (χ0) is 17.2. The van der Waals surface area contributed by atoms with E-state index in [-0.39, 0.29) is 17.9 Å². The highest BCUT2D eigenvalue weighted by molar-refractivity contribution is 5.93. The first kappa shape index (κ1) is 15.9. The van der Waals surface area contributed by atoms with E-state index >= 15 is 0 Å². The maximum absolute atomic E-state index is 12.7. The first-order valence-corrected chi connectivity index (χ1v) is 8.46. The standard InChI is InChI=1S/C19H21N3O3/c1-12-2-5-14(6-3-12)21-19(23)15-11-20-22-18(15)13-4-7-16-17(10-13)25-9-8-24-16/h2-7,10,15,18,20,22H,8-9,11H2,1H3,(H,21,23). The van der Waals surface area contributed by atoms with E-state index in [9.17, 15) is 4.79 Å². The van der Waals surface area contributed by atoms with Gasteiger partial charge in [-0.05, 0) is 36.8 Å². The van der Waals surface area contributed by atoms with Gasteiger partial charge in [0.25, 0.3) is 0 Å². The number of anilines is 1. The monoisotopic (exact) mass is 339 g/mol. The summed E-state index contributed by atoms with van der Waals surface area (Å²) in [6.07, 6.45) is 0. The Labute approximate surface area is 146 Å². The number of hydrogen-bond acceptors (Lipinski definition) is 5. The second kappa shape index (κ2) is 6.74. The first-order valence-electron chi connectivity index (χ1n) is 8.46. The van der Waals surface area contributed by atoms with Crippen LogP contribution in [0.15, 0.2) is 42.5 Å². The molecule has 2 atom stereocenters. The third-order valence-corrected chi connectivity index (χ3v) is 4.56. The fourth-order valence-corrected chi connectivity index (χ4v) is 3.18. The van der Waals surface area contributed by atoms with Gasteiger partial charge in [0.2, 0.25) is 5.91 Å². The second-order valence-corrected chi connectivity index (χ2v) is 6.37. The van der Waals surface area contributed by atoms with Crippen molar-refractivity contribution in [1.82, 2.24) is 10.9 Å². The van der Waals surface area contributed by atoms with Crippen molar-refractivity contribution in [3.63, 3.8) is 0 Å². The van der Waals surface area contributed by atoms with Crippen molar-refractivity contribution in [1.29, 1.82) is 0 Å². The fourth-order valence-electron chi connectivity index (χ4n) is 3.18. The zero-order valence-corrected chi connectivity index (χ0v) is 14.0. The quantitative estimate of drug-likeness (QED) is 0.799. The molecule has 3 N–H and O–H groups in total. The molecule has 0 bridgehead atoms. The average Bonchev–Trinajstić information content (AvgIpc) is 3.13. The minimum absolute atomic E-state index is 0.0127. The van der Waals surface area contributed by atoms with Crippen molar-refractivity contribution < 1.29 is 14.3 Å². The Bertz CT molecular complexity index is 776. The number of ether oxygens (including phenoxy) is 2. The Hall–Kier alpha value is -2.57. The highest BCUT2D eigenvalue weighted by Crippen LogP contribution is 2.35. The van der Waals surface area contributed by atoms with Crippen LogP contribution < -0.4 is 25.6 Å². The molecule has 2 aliphatic heterocycles. The number of benzene rings is 2. The maximum Gasteiger partial charge on any atom is 0.230 e. The van der Waals surface area contributed by atoms with Crippen LogP contribution in [0.5, 0.6) is 11.5 Å². The lowest BCUT2D eigenvalue weighted by Crippen LogP contribution is -2.29. The number of amides is 1. The SMILES string of the molecule is Cc1ccc(NC(=O)C2CNNC2c2ccc3c(c2)OCCO3)cc1. The molecule has 1 fully saturated rings. The van der Waals surface area contributed by atoms with Gasteiger partial charge in [0.05, 0.1) is 12.0 Å². The Morgan fingerprint density at radius 1 is 1.08 bits per heavy atom. The number of fused-ring (bicyclic) bond motifs is 1. The van der Waals surface area contributed by atoms with Gasteiger partial charge in [-0.1, -0.05) is 23.8 Å². The van der Waals surface area contributed by atoms with Crippen molar-refractivity contribution in [3.05, 3.63) is 53.6 Å². The van der Waals surface area contributed by atoms with E-state index in [2.05, 4.69) is 16.2 Å². The molecule has 0 radical (unpaired) electrons. The number of hydrogen-bond donors (Lipinski definition) is 3. The summed E-state index contributed by atoms with van der Waals surface area (Å²) >= 11 is 0. The molecule has 6 heteroatoms. The third-order valence-electron chi connectivity index (χ3n) is 4.56. The van der Waals surface area contributed by atoms with Crippen molar-refractivity contribution >= 4 is 11.6 Å². The summed E-state index contributed by atoms with van der Waals surface area (Å²) in [5.74, 6) is 1.25. The minimum atomic E-state index is -0.219. The molecule has 0 spiro atoms. The summed E-state index contributed by atoms with van der Waals surface area (Å²) in [4.78, 5) is 12.7. The normalized spacial score (nSPS) is 21.8. The molecule has 1 amide bonds. The van der Waals surface area contributed by atoms with Crippen LogP contribution in [0.4, 0.5) is 5.69 Å². The van der Waals surface area contributed by atoms with Gasteiger partial charge in [0, 0.05) is 12.2 Å². The topological polar surface area (TPSA) is 71.6 Å². The fraction of sp³-hybridized carbons (Fsp3) is 0.316. The van der Waals surface area contributed by atoms with Gasteiger partial charge < -0.3 is 14.8 Å². The van der Waals surface area contributed by atoms with Crippen LogP contribution in [0.3, 0.4) is 0 Å². The number of nitrogens with one attached hydrogen (secondary N) is 3. The molecule has 25 heavy (non-hydrogen) atoms. The molecular formula is C19H21N3O3. The lowest BCUT2D eigenvalue weighted by atomic mass is 9.93. The largest absolute Gasteiger partial charge is 0.486 e. The first-order chi connectivity index (χ1) is 12.2. The van der Waals surface area contributed by atoms with Crippen molar-refractivity contribution in [2.75, 3.05) is 25.1 Å². The molecule has 0 aromatic heterocycles. The van der Waals surface area contributed by atoms with E-state index in [0.29, 0.717) is 19.8 Å². The van der Waals surface area contributed by atoms with Gasteiger partial charge >= 0.3 is 0 Å². The Balaban J connectivity index is 1.51. The lowest BCUT2D eigenvalue weighted by Gasteiger charge is -2.22. The Morgan fingerprint density at radius 2 is 1.84 bits per heavy atom. The molecule has 4 rings (SSSR count). The third kappa shape index (κ3) is 3.31. The number of rotatable bonds is 3. The molecule has 2 aromatic rings. The summed E-state index contributed by atoms with van der Waals surface area (Å²) in [7, 11) is 0. The Kier molecular flexibility index (Phi) is 4.29. The highest BCUT2D eigenvalue weighted by atomic mass is 16.6. The van der Waals surface area contributed by atoms with Crippen molar-refractivity contribution in [2.24, 2.45) is 5.92 Å². The molecular weight excluding hydrogens is 318 g/mol. The van der Waals surface area contributed by atoms with E-state index in [1.165, 1.54) is 0 Å². The number of hydrazine groups is 1. The van der Waals surface area contributed by atoms with Crippen LogP contribution in [0.25, 0.3) is 0 Å². The van der Waals surface area contributed by atoms with Gasteiger partial charge in [-0.3, -0.25) is 10.2 Å². The van der Waals surface area contributed by atoms with Crippen LogP contribution in [0.2, 0.25) is 0 Å².